The molecule has 7 heteroatoms. The molecule has 28 heavy (non-hydrogen) atoms. The maximum atomic E-state index is 13.0. The molecule has 0 unspecified atom stereocenters. The molecule has 150 valence electrons. The van der Waals surface area contributed by atoms with Gasteiger partial charge in [-0.25, -0.2) is 9.37 Å². The molecule has 1 aromatic heterocycles. The Bertz CT molecular complexity index is 778. The predicted octanol–water partition coefficient (Wildman–Crippen LogP) is 3.45. The maximum Gasteiger partial charge on any atom is 0.219 e. The highest BCUT2D eigenvalue weighted by atomic mass is 19.1. The van der Waals surface area contributed by atoms with E-state index in [1.807, 2.05) is 24.1 Å². The van der Waals surface area contributed by atoms with E-state index >= 15 is 0 Å². The quantitative estimate of drug-likeness (QED) is 0.406. The first-order valence-electron chi connectivity index (χ1n) is 9.52. The van der Waals surface area contributed by atoms with E-state index in [1.54, 1.807) is 25.4 Å². The van der Waals surface area contributed by atoms with Gasteiger partial charge in [0.1, 0.15) is 11.6 Å². The van der Waals surface area contributed by atoms with Crippen molar-refractivity contribution in [3.05, 3.63) is 54.0 Å². The van der Waals surface area contributed by atoms with Crippen LogP contribution >= 0.6 is 0 Å². The molecule has 1 aromatic carbocycles. The number of rotatable bonds is 9. The molecule has 6 nitrogen and oxygen atoms in total. The summed E-state index contributed by atoms with van der Waals surface area (Å²) < 4.78 is 24.4. The Balaban J connectivity index is 1.47. The van der Waals surface area contributed by atoms with Crippen molar-refractivity contribution in [3.8, 4) is 11.6 Å². The fraction of sp³-hybridized carbons (Fsp3) is 0.429. The van der Waals surface area contributed by atoms with Gasteiger partial charge in [-0.2, -0.15) is 0 Å². The number of nitrogens with zero attached hydrogens (tertiary/aromatic N) is 3. The van der Waals surface area contributed by atoms with E-state index in [1.165, 1.54) is 25.0 Å². The van der Waals surface area contributed by atoms with Gasteiger partial charge in [0.2, 0.25) is 5.88 Å². The van der Waals surface area contributed by atoms with Gasteiger partial charge in [-0.15, -0.1) is 0 Å². The summed E-state index contributed by atoms with van der Waals surface area (Å²) in [6.07, 6.45) is 4.30. The van der Waals surface area contributed by atoms with Crippen molar-refractivity contribution in [2.24, 2.45) is 10.9 Å². The first kappa shape index (κ1) is 20.1. The van der Waals surface area contributed by atoms with Crippen molar-refractivity contribution in [1.82, 2.24) is 15.2 Å². The monoisotopic (exact) mass is 386 g/mol. The molecule has 1 fully saturated rings. The second-order valence-corrected chi connectivity index (χ2v) is 6.90. The second-order valence-electron chi connectivity index (χ2n) is 6.90. The normalized spacial score (nSPS) is 14.0. The third-order valence-corrected chi connectivity index (χ3v) is 4.48. The molecule has 0 radical (unpaired) electrons. The van der Waals surface area contributed by atoms with Crippen LogP contribution in [0.3, 0.4) is 0 Å². The standard InChI is InChI=1S/C21H27FN4O2/c1-23-21(26(2)11-12-27-15-16-3-4-16)25-14-17-9-10-24-20(13-17)28-19-7-5-18(22)6-8-19/h5-10,13,16H,3-4,11-12,14-15H2,1-2H3,(H,23,25). The van der Waals surface area contributed by atoms with Crippen LogP contribution in [0.25, 0.3) is 0 Å². The third-order valence-electron chi connectivity index (χ3n) is 4.48. The van der Waals surface area contributed by atoms with Gasteiger partial charge in [0.05, 0.1) is 6.61 Å². The van der Waals surface area contributed by atoms with Gasteiger partial charge in [-0.3, -0.25) is 4.99 Å². The van der Waals surface area contributed by atoms with E-state index in [0.29, 0.717) is 24.8 Å². The van der Waals surface area contributed by atoms with Crippen LogP contribution in [-0.2, 0) is 11.3 Å². The van der Waals surface area contributed by atoms with Gasteiger partial charge in [0.15, 0.2) is 5.96 Å². The number of halogens is 1. The van der Waals surface area contributed by atoms with Crippen LogP contribution in [0.1, 0.15) is 18.4 Å². The molecule has 0 amide bonds. The number of benzene rings is 1. The maximum absolute atomic E-state index is 13.0. The van der Waals surface area contributed by atoms with Gasteiger partial charge in [-0.1, -0.05) is 0 Å². The number of aliphatic imine (C=N–C) groups is 1. The molecule has 1 heterocycles. The number of hydrogen-bond donors (Lipinski definition) is 1. The summed E-state index contributed by atoms with van der Waals surface area (Å²) in [5.41, 5.74) is 1.01. The Morgan fingerprint density at radius 2 is 2.07 bits per heavy atom. The number of hydrogen-bond acceptors (Lipinski definition) is 4. The third kappa shape index (κ3) is 6.49. The van der Waals surface area contributed by atoms with Crippen LogP contribution in [-0.4, -0.2) is 49.7 Å². The van der Waals surface area contributed by atoms with Gasteiger partial charge in [-0.05, 0) is 54.7 Å². The Morgan fingerprint density at radius 1 is 1.29 bits per heavy atom. The van der Waals surface area contributed by atoms with Crippen LogP contribution in [0.2, 0.25) is 0 Å². The van der Waals surface area contributed by atoms with Crippen molar-refractivity contribution in [3.63, 3.8) is 0 Å². The van der Waals surface area contributed by atoms with Crippen molar-refractivity contribution in [1.29, 1.82) is 0 Å². The zero-order valence-corrected chi connectivity index (χ0v) is 16.4. The Morgan fingerprint density at radius 3 is 2.79 bits per heavy atom. The van der Waals surface area contributed by atoms with Crippen LogP contribution in [0.15, 0.2) is 47.6 Å². The lowest BCUT2D eigenvalue weighted by Gasteiger charge is -2.22. The molecule has 1 N–H and O–H groups in total. The fourth-order valence-electron chi connectivity index (χ4n) is 2.65. The lowest BCUT2D eigenvalue weighted by Crippen LogP contribution is -2.40. The Hall–Kier alpha value is -2.67. The van der Waals surface area contributed by atoms with E-state index in [4.69, 9.17) is 9.47 Å². The van der Waals surface area contributed by atoms with Crippen molar-refractivity contribution < 1.29 is 13.9 Å². The van der Waals surface area contributed by atoms with E-state index in [-0.39, 0.29) is 5.82 Å². The Kier molecular flexibility index (Phi) is 7.19. The van der Waals surface area contributed by atoms with Crippen LogP contribution in [0.5, 0.6) is 11.6 Å². The SMILES string of the molecule is CN=C(NCc1ccnc(Oc2ccc(F)cc2)c1)N(C)CCOCC1CC1. The topological polar surface area (TPSA) is 59.0 Å². The molecule has 0 bridgehead atoms. The van der Waals surface area contributed by atoms with E-state index in [9.17, 15) is 4.39 Å². The van der Waals surface area contributed by atoms with E-state index in [2.05, 4.69) is 15.3 Å². The van der Waals surface area contributed by atoms with Gasteiger partial charge >= 0.3 is 0 Å². The first-order chi connectivity index (χ1) is 13.6. The number of aromatic nitrogens is 1. The van der Waals surface area contributed by atoms with Crippen molar-refractivity contribution in [2.75, 3.05) is 33.9 Å². The largest absolute Gasteiger partial charge is 0.439 e. The number of ether oxygens (including phenoxy) is 2. The van der Waals surface area contributed by atoms with Crippen LogP contribution in [0, 0.1) is 11.7 Å². The molecule has 0 atom stereocenters. The summed E-state index contributed by atoms with van der Waals surface area (Å²) >= 11 is 0. The Labute approximate surface area is 165 Å². The van der Waals surface area contributed by atoms with Crippen molar-refractivity contribution in [2.45, 2.75) is 19.4 Å². The molecule has 3 rings (SSSR count). The zero-order valence-electron chi connectivity index (χ0n) is 16.4. The van der Waals surface area contributed by atoms with Gasteiger partial charge in [0, 0.05) is 46.1 Å². The minimum atomic E-state index is -0.299. The smallest absolute Gasteiger partial charge is 0.219 e. The zero-order chi connectivity index (χ0) is 19.8. The van der Waals surface area contributed by atoms with Crippen LogP contribution < -0.4 is 10.1 Å². The molecule has 0 saturated heterocycles. The number of guanidine groups is 1. The van der Waals surface area contributed by atoms with E-state index < -0.39 is 0 Å². The molecule has 1 saturated carbocycles. The molecular formula is C21H27FN4O2. The minimum absolute atomic E-state index is 0.299. The summed E-state index contributed by atoms with van der Waals surface area (Å²) in [7, 11) is 3.75. The van der Waals surface area contributed by atoms with E-state index in [0.717, 1.165) is 30.6 Å². The fourth-order valence-corrected chi connectivity index (χ4v) is 2.65. The average molecular weight is 386 g/mol. The summed E-state index contributed by atoms with van der Waals surface area (Å²) in [4.78, 5) is 10.6. The van der Waals surface area contributed by atoms with Crippen LogP contribution in [0.4, 0.5) is 4.39 Å². The minimum Gasteiger partial charge on any atom is -0.439 e. The average Bonchev–Trinajstić information content (AvgIpc) is 3.52. The highest BCUT2D eigenvalue weighted by Crippen LogP contribution is 2.28. The molecule has 1 aliphatic carbocycles. The number of pyridine rings is 1. The summed E-state index contributed by atoms with van der Waals surface area (Å²) in [6, 6.07) is 9.62. The summed E-state index contributed by atoms with van der Waals surface area (Å²) in [6.45, 7) is 2.93. The molecule has 0 aliphatic heterocycles. The lowest BCUT2D eigenvalue weighted by atomic mass is 10.2. The number of nitrogens with one attached hydrogen (secondary N) is 1. The molecule has 2 aromatic rings. The lowest BCUT2D eigenvalue weighted by molar-refractivity contribution is 0.115. The van der Waals surface area contributed by atoms with Gasteiger partial charge in [0.25, 0.3) is 0 Å². The summed E-state index contributed by atoms with van der Waals surface area (Å²) in [5.74, 6) is 2.28. The number of likely N-dealkylation sites (N-methyl/N-ethyl adjacent to an activating group) is 1. The second kappa shape index (κ2) is 10.0. The predicted molar refractivity (Wildman–Crippen MR) is 107 cm³/mol. The highest BCUT2D eigenvalue weighted by molar-refractivity contribution is 5.79. The van der Waals surface area contributed by atoms with Gasteiger partial charge < -0.3 is 19.7 Å². The molecule has 0 spiro atoms. The molecule has 1 aliphatic rings. The summed E-state index contributed by atoms with van der Waals surface area (Å²) in [5, 5.41) is 3.33. The highest BCUT2D eigenvalue weighted by Gasteiger charge is 2.21. The first-order valence-corrected chi connectivity index (χ1v) is 9.52. The van der Waals surface area contributed by atoms with Crippen molar-refractivity contribution >= 4 is 5.96 Å². The molecular weight excluding hydrogens is 359 g/mol.